The van der Waals surface area contributed by atoms with E-state index in [2.05, 4.69) is 5.32 Å². The minimum atomic E-state index is -0.0706. The molecule has 92 valence electrons. The van der Waals surface area contributed by atoms with Crippen molar-refractivity contribution in [3.63, 3.8) is 0 Å². The maximum absolute atomic E-state index is 11.5. The number of ether oxygens (including phenoxy) is 1. The number of nitrogen functional groups attached to an aromatic ring is 1. The van der Waals surface area contributed by atoms with Crippen LogP contribution in [0.25, 0.3) is 0 Å². The summed E-state index contributed by atoms with van der Waals surface area (Å²) in [7, 11) is 0. The highest BCUT2D eigenvalue weighted by Crippen LogP contribution is 2.27. The fourth-order valence-corrected chi connectivity index (χ4v) is 1.55. The van der Waals surface area contributed by atoms with Gasteiger partial charge < -0.3 is 15.8 Å². The second kappa shape index (κ2) is 5.08. The van der Waals surface area contributed by atoms with Crippen molar-refractivity contribution in [2.75, 3.05) is 18.9 Å². The summed E-state index contributed by atoms with van der Waals surface area (Å²) in [6.07, 6.45) is 2.46. The van der Waals surface area contributed by atoms with Crippen LogP contribution >= 0.6 is 0 Å². The predicted octanol–water partition coefficient (Wildman–Crippen LogP) is 1.48. The third-order valence-electron chi connectivity index (χ3n) is 2.86. The van der Waals surface area contributed by atoms with Crippen molar-refractivity contribution in [1.82, 2.24) is 5.32 Å². The van der Waals surface area contributed by atoms with Crippen LogP contribution in [-0.4, -0.2) is 19.1 Å². The zero-order chi connectivity index (χ0) is 12.3. The van der Waals surface area contributed by atoms with Gasteiger partial charge in [0.15, 0.2) is 6.61 Å². The smallest absolute Gasteiger partial charge is 0.257 e. The van der Waals surface area contributed by atoms with E-state index in [1.54, 1.807) is 6.07 Å². The molecular weight excluding hydrogens is 216 g/mol. The van der Waals surface area contributed by atoms with Gasteiger partial charge in [-0.15, -0.1) is 0 Å². The van der Waals surface area contributed by atoms with Crippen LogP contribution in [0.4, 0.5) is 5.69 Å². The Labute approximate surface area is 101 Å². The van der Waals surface area contributed by atoms with Crippen molar-refractivity contribution in [3.05, 3.63) is 23.8 Å². The molecule has 4 heteroatoms. The summed E-state index contributed by atoms with van der Waals surface area (Å²) in [6.45, 7) is 2.76. The molecule has 1 fully saturated rings. The highest BCUT2D eigenvalue weighted by molar-refractivity contribution is 5.77. The Morgan fingerprint density at radius 3 is 3.00 bits per heavy atom. The first-order valence-corrected chi connectivity index (χ1v) is 5.91. The van der Waals surface area contributed by atoms with E-state index in [0.717, 1.165) is 12.1 Å². The number of hydrogen-bond acceptors (Lipinski definition) is 3. The summed E-state index contributed by atoms with van der Waals surface area (Å²) in [6, 6.07) is 5.44. The van der Waals surface area contributed by atoms with Crippen LogP contribution in [0.3, 0.4) is 0 Å². The molecule has 1 aliphatic rings. The Morgan fingerprint density at radius 1 is 1.53 bits per heavy atom. The first-order chi connectivity index (χ1) is 8.15. The lowest BCUT2D eigenvalue weighted by molar-refractivity contribution is -0.123. The van der Waals surface area contributed by atoms with Gasteiger partial charge in [0.2, 0.25) is 0 Å². The molecule has 0 aliphatic heterocycles. The number of carbonyl (C=O) groups excluding carboxylic acids is 1. The van der Waals surface area contributed by atoms with Gasteiger partial charge in [-0.05, 0) is 37.3 Å². The highest BCUT2D eigenvalue weighted by Gasteiger charge is 2.21. The molecule has 2 rings (SSSR count). The van der Waals surface area contributed by atoms with Crippen LogP contribution in [0.15, 0.2) is 18.2 Å². The van der Waals surface area contributed by atoms with Crippen molar-refractivity contribution in [1.29, 1.82) is 0 Å². The third kappa shape index (κ3) is 3.66. The van der Waals surface area contributed by atoms with Crippen molar-refractivity contribution in [3.8, 4) is 5.75 Å². The lowest BCUT2D eigenvalue weighted by Gasteiger charge is -2.09. The molecular formula is C13H18N2O2. The third-order valence-corrected chi connectivity index (χ3v) is 2.86. The molecule has 0 atom stereocenters. The SMILES string of the molecule is Cc1ccc(N)cc1OCC(=O)NCC1CC1. The molecule has 0 unspecified atom stereocenters. The molecule has 0 aromatic heterocycles. The van der Waals surface area contributed by atoms with Crippen LogP contribution in [0.2, 0.25) is 0 Å². The Morgan fingerprint density at radius 2 is 2.29 bits per heavy atom. The number of carbonyl (C=O) groups is 1. The summed E-state index contributed by atoms with van der Waals surface area (Å²) < 4.78 is 5.44. The molecule has 1 aromatic rings. The van der Waals surface area contributed by atoms with Crippen LogP contribution in [0, 0.1) is 12.8 Å². The topological polar surface area (TPSA) is 64.3 Å². The van der Waals surface area contributed by atoms with Gasteiger partial charge in [-0.25, -0.2) is 0 Å². The zero-order valence-electron chi connectivity index (χ0n) is 10.0. The van der Waals surface area contributed by atoms with Gasteiger partial charge in [-0.3, -0.25) is 4.79 Å². The van der Waals surface area contributed by atoms with E-state index < -0.39 is 0 Å². The molecule has 0 heterocycles. The number of aryl methyl sites for hydroxylation is 1. The molecule has 4 nitrogen and oxygen atoms in total. The fourth-order valence-electron chi connectivity index (χ4n) is 1.55. The summed E-state index contributed by atoms with van der Waals surface area (Å²) in [5.41, 5.74) is 7.28. The monoisotopic (exact) mass is 234 g/mol. The number of amides is 1. The van der Waals surface area contributed by atoms with E-state index in [1.165, 1.54) is 12.8 Å². The average molecular weight is 234 g/mol. The van der Waals surface area contributed by atoms with E-state index in [1.807, 2.05) is 19.1 Å². The molecule has 0 spiro atoms. The lowest BCUT2D eigenvalue weighted by atomic mass is 10.2. The largest absolute Gasteiger partial charge is 0.483 e. The lowest BCUT2D eigenvalue weighted by Crippen LogP contribution is -2.30. The summed E-state index contributed by atoms with van der Waals surface area (Å²) in [5, 5.41) is 2.85. The number of nitrogens with one attached hydrogen (secondary N) is 1. The zero-order valence-corrected chi connectivity index (χ0v) is 10.0. The maximum Gasteiger partial charge on any atom is 0.257 e. The second-order valence-corrected chi connectivity index (χ2v) is 4.56. The second-order valence-electron chi connectivity index (χ2n) is 4.56. The van der Waals surface area contributed by atoms with Gasteiger partial charge in [-0.1, -0.05) is 6.07 Å². The van der Waals surface area contributed by atoms with E-state index >= 15 is 0 Å². The molecule has 0 radical (unpaired) electrons. The Bertz CT molecular complexity index is 414. The van der Waals surface area contributed by atoms with Crippen LogP contribution in [0.5, 0.6) is 5.75 Å². The van der Waals surface area contributed by atoms with E-state index in [-0.39, 0.29) is 12.5 Å². The van der Waals surface area contributed by atoms with Crippen molar-refractivity contribution in [2.45, 2.75) is 19.8 Å². The standard InChI is InChI=1S/C13H18N2O2/c1-9-2-5-11(14)6-12(9)17-8-13(16)15-7-10-3-4-10/h2,5-6,10H,3-4,7-8,14H2,1H3,(H,15,16). The summed E-state index contributed by atoms with van der Waals surface area (Å²) >= 11 is 0. The predicted molar refractivity (Wildman–Crippen MR) is 66.8 cm³/mol. The van der Waals surface area contributed by atoms with Crippen molar-refractivity contribution < 1.29 is 9.53 Å². The van der Waals surface area contributed by atoms with Gasteiger partial charge in [0.1, 0.15) is 5.75 Å². The minimum absolute atomic E-state index is 0.0526. The van der Waals surface area contributed by atoms with Crippen LogP contribution in [-0.2, 0) is 4.79 Å². The summed E-state index contributed by atoms with van der Waals surface area (Å²) in [4.78, 5) is 11.5. The van der Waals surface area contributed by atoms with Crippen LogP contribution < -0.4 is 15.8 Å². The molecule has 1 aliphatic carbocycles. The number of hydrogen-bond donors (Lipinski definition) is 2. The van der Waals surface area contributed by atoms with Crippen molar-refractivity contribution in [2.24, 2.45) is 5.92 Å². The van der Waals surface area contributed by atoms with Gasteiger partial charge in [0.05, 0.1) is 0 Å². The molecule has 0 bridgehead atoms. The van der Waals surface area contributed by atoms with Gasteiger partial charge >= 0.3 is 0 Å². The molecule has 3 N–H and O–H groups in total. The van der Waals surface area contributed by atoms with Crippen LogP contribution in [0.1, 0.15) is 18.4 Å². The number of benzene rings is 1. The molecule has 1 aromatic carbocycles. The van der Waals surface area contributed by atoms with Crippen molar-refractivity contribution >= 4 is 11.6 Å². The molecule has 1 amide bonds. The fraction of sp³-hybridized carbons (Fsp3) is 0.462. The first-order valence-electron chi connectivity index (χ1n) is 5.91. The van der Waals surface area contributed by atoms with E-state index in [0.29, 0.717) is 17.4 Å². The normalized spacial score (nSPS) is 14.4. The minimum Gasteiger partial charge on any atom is -0.483 e. The van der Waals surface area contributed by atoms with Gasteiger partial charge in [-0.2, -0.15) is 0 Å². The highest BCUT2D eigenvalue weighted by atomic mass is 16.5. The molecule has 17 heavy (non-hydrogen) atoms. The Balaban J connectivity index is 1.79. The maximum atomic E-state index is 11.5. The molecule has 0 saturated heterocycles. The number of anilines is 1. The number of nitrogens with two attached hydrogens (primary N) is 1. The molecule has 1 saturated carbocycles. The Hall–Kier alpha value is -1.71. The first kappa shape index (κ1) is 11.8. The van der Waals surface area contributed by atoms with E-state index in [9.17, 15) is 4.79 Å². The average Bonchev–Trinajstić information content (AvgIpc) is 3.11. The van der Waals surface area contributed by atoms with Gasteiger partial charge in [0.25, 0.3) is 5.91 Å². The van der Waals surface area contributed by atoms with E-state index in [4.69, 9.17) is 10.5 Å². The van der Waals surface area contributed by atoms with Gasteiger partial charge in [0, 0.05) is 18.3 Å². The number of rotatable bonds is 5. The Kier molecular flexibility index (Phi) is 3.52. The summed E-state index contributed by atoms with van der Waals surface area (Å²) in [5.74, 6) is 1.29. The quantitative estimate of drug-likeness (QED) is 0.758.